The number of hydrogen-bond donors (Lipinski definition) is 1. The molecule has 7 nitrogen and oxygen atoms in total. The molecule has 1 saturated heterocycles. The number of fused-ring (bicyclic) bond motifs is 1. The van der Waals surface area contributed by atoms with Crippen molar-refractivity contribution in [2.24, 2.45) is 11.8 Å². The van der Waals surface area contributed by atoms with Gasteiger partial charge < -0.3 is 10.2 Å². The Kier molecular flexibility index (Phi) is 7.48. The first-order valence-corrected chi connectivity index (χ1v) is 11.3. The molecular formula is C25H33N3O4. The fraction of sp³-hybridized carbons (Fsp3) is 0.520. The Morgan fingerprint density at radius 1 is 1.03 bits per heavy atom. The number of carbonyl (C=O) groups is 4. The summed E-state index contributed by atoms with van der Waals surface area (Å²) in [6.45, 7) is 7.76. The van der Waals surface area contributed by atoms with Crippen LogP contribution in [0.1, 0.15) is 51.2 Å². The van der Waals surface area contributed by atoms with Crippen LogP contribution in [0.4, 0.5) is 0 Å². The van der Waals surface area contributed by atoms with Gasteiger partial charge in [-0.3, -0.25) is 24.1 Å². The van der Waals surface area contributed by atoms with Crippen molar-refractivity contribution >= 4 is 23.6 Å². The molecule has 1 N–H and O–H groups in total. The van der Waals surface area contributed by atoms with E-state index in [2.05, 4.69) is 5.32 Å². The van der Waals surface area contributed by atoms with E-state index in [1.807, 2.05) is 57.2 Å². The SMILES string of the molecule is Cc1ccc(CN(C(=O)CCN2C(=O)[C@H]3CC=CC[C@H]3C2=O)[C@@H](C)C(=O)NC(C)C)cc1. The molecule has 2 aliphatic rings. The number of amides is 4. The smallest absolute Gasteiger partial charge is 0.242 e. The lowest BCUT2D eigenvalue weighted by Gasteiger charge is -2.30. The van der Waals surface area contributed by atoms with Crippen LogP contribution in [-0.4, -0.2) is 52.1 Å². The maximum Gasteiger partial charge on any atom is 0.242 e. The Hall–Kier alpha value is -2.96. The summed E-state index contributed by atoms with van der Waals surface area (Å²) in [6, 6.07) is 7.09. The Morgan fingerprint density at radius 3 is 2.12 bits per heavy atom. The molecular weight excluding hydrogens is 406 g/mol. The molecule has 0 radical (unpaired) electrons. The minimum absolute atomic E-state index is 0.00446. The van der Waals surface area contributed by atoms with Crippen LogP contribution in [-0.2, 0) is 25.7 Å². The van der Waals surface area contributed by atoms with Gasteiger partial charge in [-0.1, -0.05) is 42.0 Å². The van der Waals surface area contributed by atoms with Gasteiger partial charge in [-0.05, 0) is 46.1 Å². The van der Waals surface area contributed by atoms with E-state index < -0.39 is 6.04 Å². The molecule has 1 aromatic carbocycles. The summed E-state index contributed by atoms with van der Waals surface area (Å²) in [7, 11) is 0. The quantitative estimate of drug-likeness (QED) is 0.498. The van der Waals surface area contributed by atoms with Crippen molar-refractivity contribution in [1.82, 2.24) is 15.1 Å². The number of carbonyl (C=O) groups excluding carboxylic acids is 4. The Morgan fingerprint density at radius 2 is 1.59 bits per heavy atom. The monoisotopic (exact) mass is 439 g/mol. The van der Waals surface area contributed by atoms with Crippen molar-refractivity contribution in [2.75, 3.05) is 6.54 Å². The average Bonchev–Trinajstić information content (AvgIpc) is 3.00. The van der Waals surface area contributed by atoms with Crippen LogP contribution in [0.2, 0.25) is 0 Å². The van der Waals surface area contributed by atoms with E-state index in [0.29, 0.717) is 12.8 Å². The van der Waals surface area contributed by atoms with Crippen molar-refractivity contribution in [2.45, 2.75) is 65.6 Å². The number of imide groups is 1. The average molecular weight is 440 g/mol. The summed E-state index contributed by atoms with van der Waals surface area (Å²) < 4.78 is 0. The van der Waals surface area contributed by atoms with Gasteiger partial charge in [-0.15, -0.1) is 0 Å². The highest BCUT2D eigenvalue weighted by molar-refractivity contribution is 6.05. The van der Waals surface area contributed by atoms with Crippen molar-refractivity contribution < 1.29 is 19.2 Å². The third kappa shape index (κ3) is 5.26. The molecule has 4 amide bonds. The third-order valence-electron chi connectivity index (χ3n) is 6.22. The fourth-order valence-electron chi connectivity index (χ4n) is 4.32. The van der Waals surface area contributed by atoms with Crippen LogP contribution in [0.3, 0.4) is 0 Å². The van der Waals surface area contributed by atoms with Gasteiger partial charge in [0.25, 0.3) is 0 Å². The predicted octanol–water partition coefficient (Wildman–Crippen LogP) is 2.58. The maximum absolute atomic E-state index is 13.2. The first-order chi connectivity index (χ1) is 15.2. The molecule has 32 heavy (non-hydrogen) atoms. The molecule has 3 rings (SSSR count). The highest BCUT2D eigenvalue weighted by atomic mass is 16.2. The van der Waals surface area contributed by atoms with E-state index >= 15 is 0 Å². The maximum atomic E-state index is 13.2. The van der Waals surface area contributed by atoms with Gasteiger partial charge in [0.15, 0.2) is 0 Å². The number of hydrogen-bond acceptors (Lipinski definition) is 4. The number of allylic oxidation sites excluding steroid dienone is 2. The zero-order valence-corrected chi connectivity index (χ0v) is 19.3. The Balaban J connectivity index is 1.71. The lowest BCUT2D eigenvalue weighted by atomic mass is 9.85. The zero-order chi connectivity index (χ0) is 23.4. The Bertz CT molecular complexity index is 880. The summed E-state index contributed by atoms with van der Waals surface area (Å²) in [4.78, 5) is 54.0. The van der Waals surface area contributed by atoms with Gasteiger partial charge in [0.2, 0.25) is 23.6 Å². The molecule has 1 aromatic rings. The first kappa shape index (κ1) is 23.7. The van der Waals surface area contributed by atoms with Crippen molar-refractivity contribution in [1.29, 1.82) is 0 Å². The number of rotatable bonds is 8. The van der Waals surface area contributed by atoms with Crippen LogP contribution in [0.15, 0.2) is 36.4 Å². The lowest BCUT2D eigenvalue weighted by molar-refractivity contribution is -0.143. The van der Waals surface area contributed by atoms with E-state index in [9.17, 15) is 19.2 Å². The van der Waals surface area contributed by atoms with Gasteiger partial charge in [-0.25, -0.2) is 0 Å². The number of aryl methyl sites for hydroxylation is 1. The summed E-state index contributed by atoms with van der Waals surface area (Å²) in [5, 5.41) is 2.86. The molecule has 0 aromatic heterocycles. The molecule has 7 heteroatoms. The van der Waals surface area contributed by atoms with Crippen LogP contribution >= 0.6 is 0 Å². The minimum atomic E-state index is -0.678. The molecule has 0 unspecified atom stereocenters. The largest absolute Gasteiger partial charge is 0.352 e. The van der Waals surface area contributed by atoms with Crippen molar-refractivity contribution in [3.63, 3.8) is 0 Å². The zero-order valence-electron chi connectivity index (χ0n) is 19.3. The molecule has 1 aliphatic carbocycles. The van der Waals surface area contributed by atoms with Gasteiger partial charge in [0.1, 0.15) is 6.04 Å². The molecule has 172 valence electrons. The summed E-state index contributed by atoms with van der Waals surface area (Å²) >= 11 is 0. The van der Waals surface area contributed by atoms with E-state index in [4.69, 9.17) is 0 Å². The highest BCUT2D eigenvalue weighted by Gasteiger charge is 2.47. The highest BCUT2D eigenvalue weighted by Crippen LogP contribution is 2.35. The van der Waals surface area contributed by atoms with Crippen LogP contribution in [0.5, 0.6) is 0 Å². The minimum Gasteiger partial charge on any atom is -0.352 e. The number of likely N-dealkylation sites (tertiary alicyclic amines) is 1. The van der Waals surface area contributed by atoms with Gasteiger partial charge >= 0.3 is 0 Å². The standard InChI is InChI=1S/C25H33N3O4/c1-16(2)26-23(30)18(4)28(15-19-11-9-17(3)10-12-19)22(29)13-14-27-24(31)20-7-5-6-8-21(20)25(27)32/h5-6,9-12,16,18,20-21H,7-8,13-15H2,1-4H3,(H,26,30)/t18-,20-,21+/m0/s1. The van der Waals surface area contributed by atoms with Crippen LogP contribution in [0, 0.1) is 18.8 Å². The number of nitrogens with one attached hydrogen (secondary N) is 1. The van der Waals surface area contributed by atoms with E-state index in [1.54, 1.807) is 6.92 Å². The van der Waals surface area contributed by atoms with Gasteiger partial charge in [0.05, 0.1) is 11.8 Å². The topological polar surface area (TPSA) is 86.8 Å². The van der Waals surface area contributed by atoms with Gasteiger partial charge in [-0.2, -0.15) is 0 Å². The number of benzene rings is 1. The van der Waals surface area contributed by atoms with Crippen LogP contribution < -0.4 is 5.32 Å². The predicted molar refractivity (Wildman–Crippen MR) is 121 cm³/mol. The molecule has 1 heterocycles. The molecule has 1 fully saturated rings. The summed E-state index contributed by atoms with van der Waals surface area (Å²) in [5.41, 5.74) is 2.03. The van der Waals surface area contributed by atoms with E-state index in [0.717, 1.165) is 11.1 Å². The van der Waals surface area contributed by atoms with E-state index in [1.165, 1.54) is 9.80 Å². The second-order valence-corrected chi connectivity index (χ2v) is 9.08. The van der Waals surface area contributed by atoms with Gasteiger partial charge in [0, 0.05) is 25.6 Å². The second-order valence-electron chi connectivity index (χ2n) is 9.08. The first-order valence-electron chi connectivity index (χ1n) is 11.3. The second kappa shape index (κ2) is 10.1. The third-order valence-corrected chi connectivity index (χ3v) is 6.22. The molecule has 0 bridgehead atoms. The summed E-state index contributed by atoms with van der Waals surface area (Å²) in [5.74, 6) is -1.47. The lowest BCUT2D eigenvalue weighted by Crippen LogP contribution is -2.49. The molecule has 1 aliphatic heterocycles. The summed E-state index contributed by atoms with van der Waals surface area (Å²) in [6.07, 6.45) is 5.03. The van der Waals surface area contributed by atoms with E-state index in [-0.39, 0.29) is 61.0 Å². The normalized spacial score (nSPS) is 21.0. The number of nitrogens with zero attached hydrogens (tertiary/aromatic N) is 2. The molecule has 0 saturated carbocycles. The fourth-order valence-corrected chi connectivity index (χ4v) is 4.32. The molecule has 3 atom stereocenters. The van der Waals surface area contributed by atoms with Crippen molar-refractivity contribution in [3.05, 3.63) is 47.5 Å². The molecule has 0 spiro atoms. The van der Waals surface area contributed by atoms with Crippen molar-refractivity contribution in [3.8, 4) is 0 Å². The Labute approximate surface area is 189 Å². The van der Waals surface area contributed by atoms with Crippen LogP contribution in [0.25, 0.3) is 0 Å².